The van der Waals surface area contributed by atoms with Gasteiger partial charge in [-0.2, -0.15) is 0 Å². The van der Waals surface area contributed by atoms with Gasteiger partial charge in [-0.1, -0.05) is 32.9 Å². The quantitative estimate of drug-likeness (QED) is 0.909. The van der Waals surface area contributed by atoms with Crippen LogP contribution in [0.1, 0.15) is 49.5 Å². The van der Waals surface area contributed by atoms with Crippen LogP contribution in [0.4, 0.5) is 0 Å². The molecule has 2 rings (SSSR count). The number of hydrogen-bond acceptors (Lipinski definition) is 2. The minimum absolute atomic E-state index is 0. The van der Waals surface area contributed by atoms with Crippen molar-refractivity contribution in [3.63, 3.8) is 0 Å². The molecule has 1 aliphatic rings. The van der Waals surface area contributed by atoms with Crippen molar-refractivity contribution in [1.29, 1.82) is 0 Å². The van der Waals surface area contributed by atoms with Gasteiger partial charge in [0.25, 0.3) is 5.91 Å². The Labute approximate surface area is 134 Å². The van der Waals surface area contributed by atoms with Gasteiger partial charge in [-0.15, -0.1) is 12.4 Å². The van der Waals surface area contributed by atoms with E-state index >= 15 is 0 Å². The number of piperidine rings is 1. The Morgan fingerprint density at radius 2 is 1.71 bits per heavy atom. The number of benzene rings is 1. The van der Waals surface area contributed by atoms with Gasteiger partial charge in [-0.25, -0.2) is 0 Å². The summed E-state index contributed by atoms with van der Waals surface area (Å²) in [5.41, 5.74) is 7.76. The van der Waals surface area contributed by atoms with Crippen LogP contribution in [0, 0.1) is 11.3 Å². The molecule has 4 heteroatoms. The summed E-state index contributed by atoms with van der Waals surface area (Å²) in [6, 6.07) is 7.66. The third-order valence-corrected chi connectivity index (χ3v) is 4.44. The highest BCUT2D eigenvalue weighted by atomic mass is 35.5. The normalized spacial score (nSPS) is 16.5. The number of amides is 1. The SMILES string of the molecule is CC(C)(C)C1CCN(C(=O)c2ccc(CN)cc2)CC1.Cl. The Morgan fingerprint density at radius 3 is 2.14 bits per heavy atom. The van der Waals surface area contributed by atoms with E-state index in [-0.39, 0.29) is 18.3 Å². The largest absolute Gasteiger partial charge is 0.339 e. The summed E-state index contributed by atoms with van der Waals surface area (Å²) in [7, 11) is 0. The van der Waals surface area contributed by atoms with Gasteiger partial charge >= 0.3 is 0 Å². The number of hydrogen-bond donors (Lipinski definition) is 1. The van der Waals surface area contributed by atoms with E-state index in [2.05, 4.69) is 20.8 Å². The third kappa shape index (κ3) is 4.45. The standard InChI is InChI=1S/C17H26N2O.ClH/c1-17(2,3)15-8-10-19(11-9-15)16(20)14-6-4-13(12-18)5-7-14;/h4-7,15H,8-12,18H2,1-3H3;1H. The highest BCUT2D eigenvalue weighted by molar-refractivity contribution is 5.94. The first-order chi connectivity index (χ1) is 9.41. The van der Waals surface area contributed by atoms with E-state index in [0.29, 0.717) is 17.9 Å². The number of rotatable bonds is 2. The maximum atomic E-state index is 12.5. The summed E-state index contributed by atoms with van der Waals surface area (Å²) in [4.78, 5) is 14.4. The molecule has 0 saturated carbocycles. The Bertz CT molecular complexity index is 457. The number of nitrogens with two attached hydrogens (primary N) is 1. The monoisotopic (exact) mass is 310 g/mol. The average molecular weight is 311 g/mol. The first-order valence-corrected chi connectivity index (χ1v) is 7.50. The lowest BCUT2D eigenvalue weighted by atomic mass is 9.75. The molecule has 0 atom stereocenters. The minimum Gasteiger partial charge on any atom is -0.339 e. The molecule has 1 amide bonds. The fourth-order valence-corrected chi connectivity index (χ4v) is 2.91. The summed E-state index contributed by atoms with van der Waals surface area (Å²) in [5.74, 6) is 0.868. The number of likely N-dealkylation sites (tertiary alicyclic amines) is 1. The van der Waals surface area contributed by atoms with Gasteiger partial charge < -0.3 is 10.6 Å². The van der Waals surface area contributed by atoms with E-state index in [9.17, 15) is 4.79 Å². The van der Waals surface area contributed by atoms with E-state index < -0.39 is 0 Å². The van der Waals surface area contributed by atoms with Gasteiger partial charge in [0.15, 0.2) is 0 Å². The molecule has 1 fully saturated rings. The predicted octanol–water partition coefficient (Wildman–Crippen LogP) is 3.47. The number of carbonyl (C=O) groups excluding carboxylic acids is 1. The zero-order valence-corrected chi connectivity index (χ0v) is 14.1. The number of halogens is 1. The second-order valence-corrected chi connectivity index (χ2v) is 6.83. The van der Waals surface area contributed by atoms with Crippen LogP contribution in [-0.2, 0) is 6.54 Å². The summed E-state index contributed by atoms with van der Waals surface area (Å²) in [6.45, 7) is 9.15. The molecule has 1 aromatic carbocycles. The number of nitrogens with zero attached hydrogens (tertiary/aromatic N) is 1. The van der Waals surface area contributed by atoms with Crippen molar-refractivity contribution >= 4 is 18.3 Å². The van der Waals surface area contributed by atoms with E-state index in [1.807, 2.05) is 29.2 Å². The van der Waals surface area contributed by atoms with Gasteiger partial charge in [-0.05, 0) is 41.9 Å². The summed E-state index contributed by atoms with van der Waals surface area (Å²) < 4.78 is 0. The van der Waals surface area contributed by atoms with Gasteiger partial charge in [-0.3, -0.25) is 4.79 Å². The molecular weight excluding hydrogens is 284 g/mol. The van der Waals surface area contributed by atoms with Crippen molar-refractivity contribution in [3.8, 4) is 0 Å². The Kier molecular flexibility index (Phi) is 6.24. The molecule has 0 aromatic heterocycles. The topological polar surface area (TPSA) is 46.3 Å². The Hall–Kier alpha value is -1.06. The summed E-state index contributed by atoms with van der Waals surface area (Å²) in [6.07, 6.45) is 2.21. The van der Waals surface area contributed by atoms with E-state index in [1.54, 1.807) is 0 Å². The minimum atomic E-state index is 0. The van der Waals surface area contributed by atoms with Gasteiger partial charge in [0.2, 0.25) is 0 Å². The fourth-order valence-electron chi connectivity index (χ4n) is 2.91. The van der Waals surface area contributed by atoms with Crippen molar-refractivity contribution in [3.05, 3.63) is 35.4 Å². The lowest BCUT2D eigenvalue weighted by molar-refractivity contribution is 0.0608. The van der Waals surface area contributed by atoms with Crippen molar-refractivity contribution in [2.24, 2.45) is 17.1 Å². The molecule has 0 radical (unpaired) electrons. The van der Waals surface area contributed by atoms with Crippen molar-refractivity contribution in [2.45, 2.75) is 40.2 Å². The van der Waals surface area contributed by atoms with Crippen LogP contribution >= 0.6 is 12.4 Å². The van der Waals surface area contributed by atoms with Crippen LogP contribution in [0.2, 0.25) is 0 Å². The molecular formula is C17H27ClN2O. The average Bonchev–Trinajstić information content (AvgIpc) is 2.46. The van der Waals surface area contributed by atoms with Crippen molar-refractivity contribution < 1.29 is 4.79 Å². The first-order valence-electron chi connectivity index (χ1n) is 7.50. The maximum Gasteiger partial charge on any atom is 0.253 e. The van der Waals surface area contributed by atoms with Crippen LogP contribution in [0.25, 0.3) is 0 Å². The van der Waals surface area contributed by atoms with Crippen LogP contribution in [-0.4, -0.2) is 23.9 Å². The van der Waals surface area contributed by atoms with Gasteiger partial charge in [0, 0.05) is 25.2 Å². The highest BCUT2D eigenvalue weighted by Gasteiger charge is 2.30. The van der Waals surface area contributed by atoms with E-state index in [4.69, 9.17) is 5.73 Å². The first kappa shape index (κ1) is 18.0. The molecule has 118 valence electrons. The summed E-state index contributed by atoms with van der Waals surface area (Å²) >= 11 is 0. The highest BCUT2D eigenvalue weighted by Crippen LogP contribution is 2.34. The van der Waals surface area contributed by atoms with Crippen LogP contribution < -0.4 is 5.73 Å². The maximum absolute atomic E-state index is 12.5. The van der Waals surface area contributed by atoms with Crippen LogP contribution in [0.3, 0.4) is 0 Å². The molecule has 1 heterocycles. The molecule has 0 spiro atoms. The van der Waals surface area contributed by atoms with Crippen molar-refractivity contribution in [2.75, 3.05) is 13.1 Å². The van der Waals surface area contributed by atoms with Gasteiger partial charge in [0.05, 0.1) is 0 Å². The molecule has 0 bridgehead atoms. The fraction of sp³-hybridized carbons (Fsp3) is 0.588. The predicted molar refractivity (Wildman–Crippen MR) is 89.7 cm³/mol. The second kappa shape index (κ2) is 7.28. The molecule has 2 N–H and O–H groups in total. The molecule has 0 aliphatic carbocycles. The second-order valence-electron chi connectivity index (χ2n) is 6.83. The zero-order valence-electron chi connectivity index (χ0n) is 13.3. The van der Waals surface area contributed by atoms with Gasteiger partial charge in [0.1, 0.15) is 0 Å². The van der Waals surface area contributed by atoms with Crippen molar-refractivity contribution in [1.82, 2.24) is 4.90 Å². The molecule has 1 aliphatic heterocycles. The Morgan fingerprint density at radius 1 is 1.19 bits per heavy atom. The number of carbonyl (C=O) groups is 1. The summed E-state index contributed by atoms with van der Waals surface area (Å²) in [5, 5.41) is 0. The smallest absolute Gasteiger partial charge is 0.253 e. The van der Waals surface area contributed by atoms with E-state index in [1.165, 1.54) is 0 Å². The van der Waals surface area contributed by atoms with Crippen LogP contribution in [0.5, 0.6) is 0 Å². The molecule has 3 nitrogen and oxygen atoms in total. The lowest BCUT2D eigenvalue weighted by Gasteiger charge is -2.38. The Balaban J connectivity index is 0.00000220. The molecule has 21 heavy (non-hydrogen) atoms. The zero-order chi connectivity index (χ0) is 14.8. The van der Waals surface area contributed by atoms with E-state index in [0.717, 1.165) is 37.1 Å². The molecule has 1 saturated heterocycles. The molecule has 1 aromatic rings. The lowest BCUT2D eigenvalue weighted by Crippen LogP contribution is -2.41. The molecule has 0 unspecified atom stereocenters. The van der Waals surface area contributed by atoms with Crippen LogP contribution in [0.15, 0.2) is 24.3 Å². The third-order valence-electron chi connectivity index (χ3n) is 4.44.